The molecule has 0 unspecified atom stereocenters. The number of carbonyl (C=O) groups excluding carboxylic acids is 2. The van der Waals surface area contributed by atoms with Gasteiger partial charge in [0.15, 0.2) is 0 Å². The van der Waals surface area contributed by atoms with Crippen LogP contribution in [0.25, 0.3) is 0 Å². The van der Waals surface area contributed by atoms with Crippen LogP contribution in [0.3, 0.4) is 0 Å². The number of likely N-dealkylation sites (N-methyl/N-ethyl adjacent to an activating group) is 1. The van der Waals surface area contributed by atoms with Crippen LogP contribution in [0.15, 0.2) is 24.3 Å². The molecule has 1 aromatic heterocycles. The minimum absolute atomic E-state index is 0.0742. The zero-order valence-electron chi connectivity index (χ0n) is 15.7. The second-order valence-electron chi connectivity index (χ2n) is 6.41. The molecular formula is C18H23FN6O2S. The minimum atomic E-state index is -0.489. The first kappa shape index (κ1) is 20.3. The molecule has 0 spiro atoms. The molecule has 1 fully saturated rings. The molecule has 0 aliphatic carbocycles. The van der Waals surface area contributed by atoms with Crippen molar-refractivity contribution >= 4 is 28.8 Å². The number of hydrogen-bond donors (Lipinski definition) is 2. The van der Waals surface area contributed by atoms with Crippen molar-refractivity contribution in [2.45, 2.75) is 6.92 Å². The van der Waals surface area contributed by atoms with Gasteiger partial charge < -0.3 is 15.5 Å². The highest BCUT2D eigenvalue weighted by Crippen LogP contribution is 2.14. The molecule has 150 valence electrons. The Morgan fingerprint density at radius 2 is 1.64 bits per heavy atom. The van der Waals surface area contributed by atoms with Crippen LogP contribution in [0, 0.1) is 5.82 Å². The average Bonchev–Trinajstić information content (AvgIpc) is 3.21. The van der Waals surface area contributed by atoms with Gasteiger partial charge in [-0.3, -0.25) is 14.5 Å². The van der Waals surface area contributed by atoms with E-state index in [4.69, 9.17) is 0 Å². The summed E-state index contributed by atoms with van der Waals surface area (Å²) in [5.41, 5.74) is 0.441. The van der Waals surface area contributed by atoms with Gasteiger partial charge >= 0.3 is 0 Å². The van der Waals surface area contributed by atoms with Gasteiger partial charge in [-0.15, -0.1) is 10.2 Å². The zero-order chi connectivity index (χ0) is 19.9. The van der Waals surface area contributed by atoms with Crippen molar-refractivity contribution in [3.63, 3.8) is 0 Å². The molecule has 0 saturated carbocycles. The van der Waals surface area contributed by atoms with Crippen molar-refractivity contribution in [3.8, 4) is 0 Å². The number of hydrogen-bond acceptors (Lipinski definition) is 7. The van der Waals surface area contributed by atoms with Crippen molar-refractivity contribution in [1.82, 2.24) is 25.3 Å². The van der Waals surface area contributed by atoms with Crippen molar-refractivity contribution in [2.75, 3.05) is 51.1 Å². The molecule has 0 radical (unpaired) electrons. The Morgan fingerprint density at radius 1 is 1.04 bits per heavy atom. The molecule has 0 bridgehead atoms. The number of aromatic nitrogens is 2. The fourth-order valence-electron chi connectivity index (χ4n) is 2.86. The Balaban J connectivity index is 1.44. The van der Waals surface area contributed by atoms with Crippen LogP contribution in [0.2, 0.25) is 0 Å². The summed E-state index contributed by atoms with van der Waals surface area (Å²) in [5, 5.41) is 13.2. The third kappa shape index (κ3) is 5.54. The van der Waals surface area contributed by atoms with E-state index in [2.05, 4.69) is 37.6 Å². The van der Waals surface area contributed by atoms with Gasteiger partial charge in [-0.2, -0.15) is 0 Å². The first-order valence-corrected chi connectivity index (χ1v) is 10.00. The predicted octanol–water partition coefficient (Wildman–Crippen LogP) is 1.30. The predicted molar refractivity (Wildman–Crippen MR) is 105 cm³/mol. The van der Waals surface area contributed by atoms with E-state index in [1.54, 1.807) is 0 Å². The third-order valence-corrected chi connectivity index (χ3v) is 5.46. The average molecular weight is 406 g/mol. The number of amides is 2. The molecule has 0 atom stereocenters. The van der Waals surface area contributed by atoms with Crippen LogP contribution < -0.4 is 10.6 Å². The summed E-state index contributed by atoms with van der Waals surface area (Å²) in [4.78, 5) is 29.1. The largest absolute Gasteiger partial charge is 0.349 e. The molecule has 1 aromatic carbocycles. The maximum atomic E-state index is 12.9. The molecule has 10 heteroatoms. The Morgan fingerprint density at radius 3 is 2.29 bits per heavy atom. The van der Waals surface area contributed by atoms with E-state index in [9.17, 15) is 14.0 Å². The molecule has 1 aliphatic heterocycles. The zero-order valence-corrected chi connectivity index (χ0v) is 16.5. The number of carbonyl (C=O) groups is 2. The van der Waals surface area contributed by atoms with E-state index in [-0.39, 0.29) is 21.7 Å². The second-order valence-corrected chi connectivity index (χ2v) is 7.38. The first-order valence-electron chi connectivity index (χ1n) is 9.18. The van der Waals surface area contributed by atoms with Crippen molar-refractivity contribution < 1.29 is 14.0 Å². The molecule has 3 rings (SSSR count). The van der Waals surface area contributed by atoms with Crippen molar-refractivity contribution in [2.24, 2.45) is 0 Å². The van der Waals surface area contributed by atoms with Crippen LogP contribution in [-0.4, -0.2) is 77.6 Å². The second kappa shape index (κ2) is 9.67. The van der Waals surface area contributed by atoms with E-state index in [0.717, 1.165) is 50.6 Å². The summed E-state index contributed by atoms with van der Waals surface area (Å²) in [6, 6.07) is 5.39. The molecule has 8 nitrogen and oxygen atoms in total. The topological polar surface area (TPSA) is 90.5 Å². The summed E-state index contributed by atoms with van der Waals surface area (Å²) in [6.45, 7) is 8.61. The smallest absolute Gasteiger partial charge is 0.286 e. The number of nitrogens with zero attached hydrogens (tertiary/aromatic N) is 4. The fourth-order valence-corrected chi connectivity index (χ4v) is 3.51. The van der Waals surface area contributed by atoms with Crippen LogP contribution in [-0.2, 0) is 0 Å². The van der Waals surface area contributed by atoms with E-state index in [1.165, 1.54) is 24.3 Å². The lowest BCUT2D eigenvalue weighted by Crippen LogP contribution is -2.48. The van der Waals surface area contributed by atoms with E-state index < -0.39 is 5.91 Å². The van der Waals surface area contributed by atoms with Gasteiger partial charge in [0.1, 0.15) is 5.82 Å². The Labute approximate surface area is 166 Å². The lowest BCUT2D eigenvalue weighted by Gasteiger charge is -2.33. The minimum Gasteiger partial charge on any atom is -0.349 e. The Hall–Kier alpha value is -2.43. The number of piperazine rings is 1. The summed E-state index contributed by atoms with van der Waals surface area (Å²) in [7, 11) is 0. The summed E-state index contributed by atoms with van der Waals surface area (Å²) >= 11 is 0.920. The molecule has 28 heavy (non-hydrogen) atoms. The van der Waals surface area contributed by atoms with Gasteiger partial charge in [0.2, 0.25) is 10.0 Å². The number of halogens is 1. The van der Waals surface area contributed by atoms with Gasteiger partial charge in [0.25, 0.3) is 11.8 Å². The highest BCUT2D eigenvalue weighted by molar-refractivity contribution is 7.15. The van der Waals surface area contributed by atoms with E-state index >= 15 is 0 Å². The van der Waals surface area contributed by atoms with E-state index in [1.807, 2.05) is 0 Å². The quantitative estimate of drug-likeness (QED) is 0.720. The number of anilines is 1. The fraction of sp³-hybridized carbons (Fsp3) is 0.444. The molecule has 2 N–H and O–H groups in total. The maximum absolute atomic E-state index is 12.9. The molecule has 2 amide bonds. The molecule has 2 aromatic rings. The highest BCUT2D eigenvalue weighted by Gasteiger charge is 2.19. The van der Waals surface area contributed by atoms with Gasteiger partial charge in [-0.1, -0.05) is 18.3 Å². The normalized spacial score (nSPS) is 15.4. The van der Waals surface area contributed by atoms with E-state index in [0.29, 0.717) is 12.2 Å². The van der Waals surface area contributed by atoms with Crippen LogP contribution in [0.4, 0.5) is 10.1 Å². The molecular weight excluding hydrogens is 383 g/mol. The highest BCUT2D eigenvalue weighted by atomic mass is 32.1. The van der Waals surface area contributed by atoms with Gasteiger partial charge in [-0.05, 0) is 30.8 Å². The van der Waals surface area contributed by atoms with Gasteiger partial charge in [0, 0.05) is 45.0 Å². The van der Waals surface area contributed by atoms with Gasteiger partial charge in [0.05, 0.1) is 0 Å². The maximum Gasteiger partial charge on any atom is 0.286 e. The molecule has 1 aliphatic rings. The molecule has 1 saturated heterocycles. The summed E-state index contributed by atoms with van der Waals surface area (Å²) in [5.74, 6) is -1.22. The van der Waals surface area contributed by atoms with Crippen LogP contribution in [0.1, 0.15) is 26.5 Å². The number of benzene rings is 1. The van der Waals surface area contributed by atoms with Crippen LogP contribution in [0.5, 0.6) is 0 Å². The third-order valence-electron chi connectivity index (χ3n) is 4.54. The Bertz CT molecular complexity index is 805. The van der Waals surface area contributed by atoms with Crippen LogP contribution >= 0.6 is 11.3 Å². The van der Waals surface area contributed by atoms with Gasteiger partial charge in [-0.25, -0.2) is 4.39 Å². The monoisotopic (exact) mass is 406 g/mol. The lowest BCUT2D eigenvalue weighted by atomic mass is 10.3. The lowest BCUT2D eigenvalue weighted by molar-refractivity contribution is 0.0935. The Kier molecular flexibility index (Phi) is 7.01. The summed E-state index contributed by atoms with van der Waals surface area (Å²) in [6.07, 6.45) is 0. The number of rotatable bonds is 7. The SMILES string of the molecule is CCN1CCN(CCNC(=O)c2nnc(C(=O)Nc3ccc(F)cc3)s2)CC1. The standard InChI is InChI=1S/C18H23FN6O2S/c1-2-24-9-11-25(12-10-24)8-7-20-15(26)17-22-23-18(28-17)16(27)21-14-5-3-13(19)4-6-14/h3-6H,2,7-12H2,1H3,(H,20,26)(H,21,27). The van der Waals surface area contributed by atoms with Crippen molar-refractivity contribution in [3.05, 3.63) is 40.1 Å². The van der Waals surface area contributed by atoms with Crippen molar-refractivity contribution in [1.29, 1.82) is 0 Å². The summed E-state index contributed by atoms with van der Waals surface area (Å²) < 4.78 is 12.9. The molecule has 2 heterocycles. The first-order chi connectivity index (χ1) is 13.5. The number of nitrogens with one attached hydrogen (secondary N) is 2.